The van der Waals surface area contributed by atoms with Crippen LogP contribution in [0.5, 0.6) is 5.75 Å². The van der Waals surface area contributed by atoms with Gasteiger partial charge in [-0.15, -0.1) is 0 Å². The number of rotatable bonds is 8. The highest BCUT2D eigenvalue weighted by Gasteiger charge is 2.15. The van der Waals surface area contributed by atoms with E-state index in [4.69, 9.17) is 20.2 Å². The van der Waals surface area contributed by atoms with Crippen molar-refractivity contribution in [3.05, 3.63) is 66.5 Å². The van der Waals surface area contributed by atoms with Crippen LogP contribution in [0.15, 0.2) is 60.7 Å². The van der Waals surface area contributed by atoms with Crippen molar-refractivity contribution in [2.24, 2.45) is 0 Å². The molecule has 9 heteroatoms. The average molecular weight is 503 g/mol. The van der Waals surface area contributed by atoms with Crippen molar-refractivity contribution in [1.29, 1.82) is 0 Å². The smallest absolute Gasteiger partial charge is 0.229 e. The summed E-state index contributed by atoms with van der Waals surface area (Å²) in [7, 11) is 3.95. The minimum atomic E-state index is -0.363. The molecule has 0 spiro atoms. The number of hydrogen-bond donors (Lipinski definition) is 2. The van der Waals surface area contributed by atoms with Crippen LogP contribution in [-0.2, 0) is 4.74 Å². The molecular formula is C28H31FN6O2. The van der Waals surface area contributed by atoms with Crippen molar-refractivity contribution < 1.29 is 13.9 Å². The molecule has 0 amide bonds. The number of para-hydroxylation sites is 1. The van der Waals surface area contributed by atoms with Crippen LogP contribution in [0, 0.1) is 5.82 Å². The van der Waals surface area contributed by atoms with E-state index in [1.165, 1.54) is 6.07 Å². The first-order chi connectivity index (χ1) is 18.0. The minimum Gasteiger partial charge on any atom is -0.492 e. The summed E-state index contributed by atoms with van der Waals surface area (Å²) in [6.45, 7) is 4.47. The minimum absolute atomic E-state index is 0.318. The molecule has 192 valence electrons. The lowest BCUT2D eigenvalue weighted by atomic mass is 10.0. The first kappa shape index (κ1) is 24.7. The fourth-order valence-corrected chi connectivity index (χ4v) is 4.30. The summed E-state index contributed by atoms with van der Waals surface area (Å²) in [6.07, 6.45) is 0. The van der Waals surface area contributed by atoms with Gasteiger partial charge in [-0.1, -0.05) is 12.1 Å². The number of nitrogen functional groups attached to an aromatic ring is 1. The van der Waals surface area contributed by atoms with Crippen LogP contribution in [0.1, 0.15) is 0 Å². The molecule has 2 heterocycles. The van der Waals surface area contributed by atoms with Gasteiger partial charge in [-0.05, 0) is 62.6 Å². The van der Waals surface area contributed by atoms with Gasteiger partial charge in [-0.3, -0.25) is 0 Å². The van der Waals surface area contributed by atoms with Crippen molar-refractivity contribution >= 4 is 34.0 Å². The lowest BCUT2D eigenvalue weighted by Gasteiger charge is -2.28. The summed E-state index contributed by atoms with van der Waals surface area (Å²) in [5, 5.41) is 3.90. The Kier molecular flexibility index (Phi) is 7.34. The molecule has 1 aromatic heterocycles. The molecule has 0 radical (unpaired) electrons. The van der Waals surface area contributed by atoms with Crippen LogP contribution in [0.3, 0.4) is 0 Å². The molecule has 0 aliphatic carbocycles. The van der Waals surface area contributed by atoms with Gasteiger partial charge in [-0.2, -0.15) is 4.98 Å². The van der Waals surface area contributed by atoms with Crippen LogP contribution < -0.4 is 20.7 Å². The first-order valence-electron chi connectivity index (χ1n) is 12.3. The predicted octanol–water partition coefficient (Wildman–Crippen LogP) is 4.54. The van der Waals surface area contributed by atoms with Crippen molar-refractivity contribution in [2.45, 2.75) is 0 Å². The second-order valence-corrected chi connectivity index (χ2v) is 9.20. The Morgan fingerprint density at radius 3 is 2.57 bits per heavy atom. The maximum Gasteiger partial charge on any atom is 0.229 e. The Morgan fingerprint density at radius 1 is 1.03 bits per heavy atom. The van der Waals surface area contributed by atoms with Gasteiger partial charge in [0.25, 0.3) is 0 Å². The zero-order chi connectivity index (χ0) is 25.8. The maximum atomic E-state index is 15.0. The van der Waals surface area contributed by atoms with Gasteiger partial charge < -0.3 is 30.3 Å². The summed E-state index contributed by atoms with van der Waals surface area (Å²) in [6, 6.07) is 18.3. The number of benzene rings is 3. The van der Waals surface area contributed by atoms with E-state index in [9.17, 15) is 0 Å². The number of halogens is 1. The molecule has 1 saturated heterocycles. The Morgan fingerprint density at radius 2 is 1.81 bits per heavy atom. The van der Waals surface area contributed by atoms with Crippen molar-refractivity contribution in [2.75, 3.05) is 69.5 Å². The van der Waals surface area contributed by atoms with Gasteiger partial charge in [-0.25, -0.2) is 9.37 Å². The van der Waals surface area contributed by atoms with Crippen LogP contribution in [-0.4, -0.2) is 68.4 Å². The highest BCUT2D eigenvalue weighted by atomic mass is 19.1. The molecule has 0 bridgehead atoms. The number of hydrogen-bond acceptors (Lipinski definition) is 8. The predicted molar refractivity (Wildman–Crippen MR) is 146 cm³/mol. The molecule has 1 fully saturated rings. The number of nitrogens with zero attached hydrogens (tertiary/aromatic N) is 4. The molecule has 8 nitrogen and oxygen atoms in total. The number of ether oxygens (including phenoxy) is 2. The monoisotopic (exact) mass is 502 g/mol. The van der Waals surface area contributed by atoms with Gasteiger partial charge in [0.2, 0.25) is 5.95 Å². The molecule has 3 N–H and O–H groups in total. The van der Waals surface area contributed by atoms with Crippen LogP contribution >= 0.6 is 0 Å². The Hall–Kier alpha value is -3.95. The zero-order valence-electron chi connectivity index (χ0n) is 21.1. The second-order valence-electron chi connectivity index (χ2n) is 9.20. The highest BCUT2D eigenvalue weighted by Crippen LogP contribution is 2.34. The van der Waals surface area contributed by atoms with Crippen molar-refractivity contribution in [3.8, 4) is 16.9 Å². The molecule has 0 saturated carbocycles. The van der Waals surface area contributed by atoms with Gasteiger partial charge in [0.05, 0.1) is 18.7 Å². The summed E-state index contributed by atoms with van der Waals surface area (Å²) in [5.74, 6) is 0.891. The van der Waals surface area contributed by atoms with E-state index >= 15 is 4.39 Å². The highest BCUT2D eigenvalue weighted by molar-refractivity contribution is 5.99. The Balaban J connectivity index is 1.44. The Bertz CT molecular complexity index is 1370. The Labute approximate surface area is 215 Å². The van der Waals surface area contributed by atoms with E-state index in [0.717, 1.165) is 44.2 Å². The average Bonchev–Trinajstić information content (AvgIpc) is 2.90. The number of anilines is 4. The third-order valence-corrected chi connectivity index (χ3v) is 6.29. The van der Waals surface area contributed by atoms with E-state index in [2.05, 4.69) is 27.3 Å². The summed E-state index contributed by atoms with van der Waals surface area (Å²) in [4.78, 5) is 13.5. The van der Waals surface area contributed by atoms with E-state index in [1.54, 1.807) is 12.1 Å². The van der Waals surface area contributed by atoms with Gasteiger partial charge in [0.1, 0.15) is 24.0 Å². The maximum absolute atomic E-state index is 15.0. The number of nitrogens with two attached hydrogens (primary N) is 1. The van der Waals surface area contributed by atoms with Crippen molar-refractivity contribution in [3.63, 3.8) is 0 Å². The molecule has 1 aliphatic rings. The molecule has 37 heavy (non-hydrogen) atoms. The lowest BCUT2D eigenvalue weighted by Crippen LogP contribution is -2.36. The van der Waals surface area contributed by atoms with Gasteiger partial charge >= 0.3 is 0 Å². The lowest BCUT2D eigenvalue weighted by molar-refractivity contribution is 0.122. The molecule has 4 aromatic rings. The molecule has 5 rings (SSSR count). The number of likely N-dealkylation sites (N-methyl/N-ethyl adjacent to an activating group) is 1. The summed E-state index contributed by atoms with van der Waals surface area (Å²) >= 11 is 0. The third-order valence-electron chi connectivity index (χ3n) is 6.29. The van der Waals surface area contributed by atoms with E-state index < -0.39 is 0 Å². The summed E-state index contributed by atoms with van der Waals surface area (Å²) in [5.41, 5.74) is 9.85. The fraction of sp³-hybridized carbons (Fsp3) is 0.286. The first-order valence-corrected chi connectivity index (χ1v) is 12.3. The quantitative estimate of drug-likeness (QED) is 0.363. The van der Waals surface area contributed by atoms with Gasteiger partial charge in [0, 0.05) is 47.5 Å². The largest absolute Gasteiger partial charge is 0.492 e. The molecule has 3 aromatic carbocycles. The zero-order valence-corrected chi connectivity index (χ0v) is 21.1. The fourth-order valence-electron chi connectivity index (χ4n) is 4.30. The molecule has 0 atom stereocenters. The van der Waals surface area contributed by atoms with E-state index in [1.807, 2.05) is 49.3 Å². The summed E-state index contributed by atoms with van der Waals surface area (Å²) < 4.78 is 26.3. The number of nitrogens with one attached hydrogen (secondary N) is 1. The third kappa shape index (κ3) is 5.73. The molecule has 0 unspecified atom stereocenters. The van der Waals surface area contributed by atoms with Crippen molar-refractivity contribution in [1.82, 2.24) is 14.9 Å². The van der Waals surface area contributed by atoms with Crippen LogP contribution in [0.4, 0.5) is 27.5 Å². The van der Waals surface area contributed by atoms with Crippen LogP contribution in [0.25, 0.3) is 22.0 Å². The SMILES string of the molecule is CN(C)CCOc1ccc(F)c(-c2cccc3c(N)nc(Nc4ccc(N5CCOCC5)cc4)nc23)c1. The van der Waals surface area contributed by atoms with Crippen LogP contribution in [0.2, 0.25) is 0 Å². The topological polar surface area (TPSA) is 88.8 Å². The number of morpholine rings is 1. The molecule has 1 aliphatic heterocycles. The second kappa shape index (κ2) is 11.0. The van der Waals surface area contributed by atoms with Gasteiger partial charge in [0.15, 0.2) is 0 Å². The molecular weight excluding hydrogens is 471 g/mol. The number of aromatic nitrogens is 2. The normalized spacial score (nSPS) is 13.8. The number of fused-ring (bicyclic) bond motifs is 1. The standard InChI is InChI=1S/C28H31FN6O2/c1-34(2)12-17-37-21-10-11-25(29)24(18-21)22-4-3-5-23-26(22)32-28(33-27(23)30)31-19-6-8-20(9-7-19)35-13-15-36-16-14-35/h3-11,18H,12-17H2,1-2H3,(H3,30,31,32,33). The van der Waals surface area contributed by atoms with E-state index in [-0.39, 0.29) is 5.82 Å². The van der Waals surface area contributed by atoms with E-state index in [0.29, 0.717) is 46.2 Å².